The lowest BCUT2D eigenvalue weighted by atomic mass is 10.3. The summed E-state index contributed by atoms with van der Waals surface area (Å²) in [6.07, 6.45) is 3.72. The highest BCUT2D eigenvalue weighted by molar-refractivity contribution is 7.13. The predicted octanol–water partition coefficient (Wildman–Crippen LogP) is 1.87. The average molecular weight is 263 g/mol. The molecule has 0 amide bonds. The summed E-state index contributed by atoms with van der Waals surface area (Å²) in [5.41, 5.74) is 1.86. The second-order valence-corrected chi connectivity index (χ2v) is 4.46. The summed E-state index contributed by atoms with van der Waals surface area (Å²) in [6.45, 7) is 0.688. The van der Waals surface area contributed by atoms with Gasteiger partial charge in [0.2, 0.25) is 0 Å². The number of nitrogens with one attached hydrogen (secondary N) is 1. The van der Waals surface area contributed by atoms with E-state index in [4.69, 9.17) is 0 Å². The van der Waals surface area contributed by atoms with Gasteiger partial charge in [0.05, 0.1) is 19.2 Å². The molecule has 0 saturated heterocycles. The maximum Gasteiger partial charge on any atom is 0.311 e. The van der Waals surface area contributed by atoms with Gasteiger partial charge in [0.1, 0.15) is 0 Å². The van der Waals surface area contributed by atoms with Crippen molar-refractivity contribution in [2.45, 2.75) is 13.0 Å². The molecule has 5 nitrogen and oxygen atoms in total. The lowest BCUT2D eigenvalue weighted by Crippen LogP contribution is -2.05. The molecule has 2 aromatic rings. The van der Waals surface area contributed by atoms with Gasteiger partial charge in [-0.1, -0.05) is 0 Å². The van der Waals surface area contributed by atoms with Crippen LogP contribution in [0.5, 0.6) is 0 Å². The summed E-state index contributed by atoms with van der Waals surface area (Å²) in [7, 11) is 1.37. The molecule has 0 aliphatic heterocycles. The summed E-state index contributed by atoms with van der Waals surface area (Å²) < 4.78 is 4.59. The second kappa shape index (κ2) is 6.11. The Hall–Kier alpha value is -1.95. The highest BCUT2D eigenvalue weighted by Gasteiger charge is 2.07. The lowest BCUT2D eigenvalue weighted by Gasteiger charge is -2.01. The maximum atomic E-state index is 11.1. The average Bonchev–Trinajstić information content (AvgIpc) is 2.85. The third-order valence-corrected chi connectivity index (χ3v) is 3.15. The molecule has 2 aromatic heterocycles. The van der Waals surface area contributed by atoms with Crippen molar-refractivity contribution in [2.24, 2.45) is 0 Å². The number of methoxy groups -OCH3 is 1. The van der Waals surface area contributed by atoms with E-state index >= 15 is 0 Å². The monoisotopic (exact) mass is 263 g/mol. The number of pyridine rings is 1. The molecule has 18 heavy (non-hydrogen) atoms. The molecule has 6 heteroatoms. The molecule has 0 atom stereocenters. The van der Waals surface area contributed by atoms with Gasteiger partial charge in [-0.05, 0) is 17.7 Å². The van der Waals surface area contributed by atoms with Crippen LogP contribution in [0.25, 0.3) is 0 Å². The zero-order valence-corrected chi connectivity index (χ0v) is 10.7. The number of hydrogen-bond donors (Lipinski definition) is 1. The van der Waals surface area contributed by atoms with E-state index < -0.39 is 0 Å². The number of anilines is 1. The first-order valence-corrected chi connectivity index (χ1v) is 6.30. The first-order chi connectivity index (χ1) is 8.78. The quantitative estimate of drug-likeness (QED) is 0.834. The number of aromatic nitrogens is 2. The third kappa shape index (κ3) is 3.53. The van der Waals surface area contributed by atoms with Crippen molar-refractivity contribution in [1.82, 2.24) is 9.97 Å². The Morgan fingerprint density at radius 1 is 1.44 bits per heavy atom. The molecule has 0 bridgehead atoms. The van der Waals surface area contributed by atoms with E-state index in [-0.39, 0.29) is 12.4 Å². The van der Waals surface area contributed by atoms with Crippen LogP contribution in [0.2, 0.25) is 0 Å². The molecule has 0 aliphatic rings. The molecule has 2 rings (SSSR count). The van der Waals surface area contributed by atoms with Crippen molar-refractivity contribution in [1.29, 1.82) is 0 Å². The number of nitrogens with zero attached hydrogens (tertiary/aromatic N) is 2. The van der Waals surface area contributed by atoms with E-state index in [0.717, 1.165) is 16.4 Å². The van der Waals surface area contributed by atoms with Crippen molar-refractivity contribution >= 4 is 22.4 Å². The number of carbonyl (C=O) groups excluding carboxylic acids is 1. The van der Waals surface area contributed by atoms with Gasteiger partial charge in [0.15, 0.2) is 5.13 Å². The van der Waals surface area contributed by atoms with Gasteiger partial charge < -0.3 is 10.1 Å². The van der Waals surface area contributed by atoms with Gasteiger partial charge in [0.25, 0.3) is 0 Å². The largest absolute Gasteiger partial charge is 0.469 e. The molecular formula is C12H13N3O2S. The zero-order chi connectivity index (χ0) is 12.8. The lowest BCUT2D eigenvalue weighted by molar-refractivity contribution is -0.139. The van der Waals surface area contributed by atoms with E-state index in [0.29, 0.717) is 6.54 Å². The molecule has 0 saturated carbocycles. The van der Waals surface area contributed by atoms with Crippen LogP contribution in [0.4, 0.5) is 5.13 Å². The third-order valence-electron chi connectivity index (χ3n) is 2.30. The molecule has 0 aliphatic carbocycles. The number of ether oxygens (including phenoxy) is 1. The Balaban J connectivity index is 1.89. The van der Waals surface area contributed by atoms with Crippen molar-refractivity contribution in [2.75, 3.05) is 12.4 Å². The smallest absolute Gasteiger partial charge is 0.311 e. The van der Waals surface area contributed by atoms with Gasteiger partial charge in [-0.15, -0.1) is 11.3 Å². The van der Waals surface area contributed by atoms with Crippen LogP contribution in [0.1, 0.15) is 11.3 Å². The molecule has 0 unspecified atom stereocenters. The number of carbonyl (C=O) groups is 1. The molecule has 1 N–H and O–H groups in total. The Morgan fingerprint density at radius 3 is 2.94 bits per heavy atom. The minimum atomic E-state index is -0.277. The zero-order valence-electron chi connectivity index (χ0n) is 9.92. The van der Waals surface area contributed by atoms with Gasteiger partial charge in [-0.2, -0.15) is 0 Å². The number of hydrogen-bond acceptors (Lipinski definition) is 6. The van der Waals surface area contributed by atoms with E-state index in [1.165, 1.54) is 18.4 Å². The van der Waals surface area contributed by atoms with Crippen molar-refractivity contribution in [3.63, 3.8) is 0 Å². The van der Waals surface area contributed by atoms with Crippen molar-refractivity contribution in [3.8, 4) is 0 Å². The molecule has 0 spiro atoms. The van der Waals surface area contributed by atoms with E-state index in [2.05, 4.69) is 20.0 Å². The first kappa shape index (κ1) is 12.5. The molecule has 94 valence electrons. The van der Waals surface area contributed by atoms with Crippen molar-refractivity contribution in [3.05, 3.63) is 41.2 Å². The fraction of sp³-hybridized carbons (Fsp3) is 0.250. The fourth-order valence-electron chi connectivity index (χ4n) is 1.37. The Kier molecular flexibility index (Phi) is 4.25. The Bertz CT molecular complexity index is 513. The van der Waals surface area contributed by atoms with Crippen LogP contribution >= 0.6 is 11.3 Å². The summed E-state index contributed by atoms with van der Waals surface area (Å²) >= 11 is 1.48. The molecular weight excluding hydrogens is 250 g/mol. The SMILES string of the molecule is COC(=O)Cc1csc(NCc2ccncc2)n1. The predicted molar refractivity (Wildman–Crippen MR) is 69.4 cm³/mol. The van der Waals surface area contributed by atoms with Crippen LogP contribution in [-0.4, -0.2) is 23.0 Å². The minimum Gasteiger partial charge on any atom is -0.469 e. The van der Waals surface area contributed by atoms with Crippen molar-refractivity contribution < 1.29 is 9.53 Å². The second-order valence-electron chi connectivity index (χ2n) is 3.61. The van der Waals surface area contributed by atoms with E-state index in [1.807, 2.05) is 17.5 Å². The standard InChI is InChI=1S/C12H13N3O2S/c1-17-11(16)6-10-8-18-12(15-10)14-7-9-2-4-13-5-3-9/h2-5,8H,6-7H2,1H3,(H,14,15). The normalized spacial score (nSPS) is 10.1. The van der Waals surface area contributed by atoms with Gasteiger partial charge in [-0.25, -0.2) is 4.98 Å². The van der Waals surface area contributed by atoms with E-state index in [9.17, 15) is 4.79 Å². The summed E-state index contributed by atoms with van der Waals surface area (Å²) in [4.78, 5) is 19.3. The first-order valence-electron chi connectivity index (χ1n) is 5.42. The van der Waals surface area contributed by atoms with E-state index in [1.54, 1.807) is 12.4 Å². The topological polar surface area (TPSA) is 64.1 Å². The number of rotatable bonds is 5. The highest BCUT2D eigenvalue weighted by Crippen LogP contribution is 2.16. The van der Waals surface area contributed by atoms with Gasteiger partial charge in [-0.3, -0.25) is 9.78 Å². The van der Waals surface area contributed by atoms with Crippen LogP contribution in [0, 0.1) is 0 Å². The summed E-state index contributed by atoms with van der Waals surface area (Å²) in [5, 5.41) is 5.85. The summed E-state index contributed by atoms with van der Waals surface area (Å²) in [6, 6.07) is 3.88. The summed E-state index contributed by atoms with van der Waals surface area (Å²) in [5.74, 6) is -0.277. The Morgan fingerprint density at radius 2 is 2.22 bits per heavy atom. The fourth-order valence-corrected chi connectivity index (χ4v) is 2.08. The molecule has 0 fully saturated rings. The van der Waals surface area contributed by atoms with Crippen LogP contribution in [0.3, 0.4) is 0 Å². The Labute approximate surface area is 109 Å². The number of thiazole rings is 1. The van der Waals surface area contributed by atoms with Crippen LogP contribution in [0.15, 0.2) is 29.9 Å². The van der Waals surface area contributed by atoms with Crippen LogP contribution in [-0.2, 0) is 22.5 Å². The minimum absolute atomic E-state index is 0.212. The van der Waals surface area contributed by atoms with Crippen LogP contribution < -0.4 is 5.32 Å². The molecule has 0 aromatic carbocycles. The van der Waals surface area contributed by atoms with Gasteiger partial charge >= 0.3 is 5.97 Å². The van der Waals surface area contributed by atoms with Gasteiger partial charge in [0, 0.05) is 24.3 Å². The maximum absolute atomic E-state index is 11.1. The molecule has 2 heterocycles. The number of esters is 1. The molecule has 0 radical (unpaired) electrons. The highest BCUT2D eigenvalue weighted by atomic mass is 32.1.